The molecule has 0 fully saturated rings. The first-order chi connectivity index (χ1) is 27.4. The third-order valence-corrected chi connectivity index (χ3v) is 11.3. The highest BCUT2D eigenvalue weighted by molar-refractivity contribution is 5.71. The Balaban J connectivity index is 4.23. The van der Waals surface area contributed by atoms with Crippen LogP contribution in [0.2, 0.25) is 0 Å². The van der Waals surface area contributed by atoms with Crippen LogP contribution in [0.4, 0.5) is 0 Å². The minimum atomic E-state index is -0.759. The second-order valence-corrected chi connectivity index (χ2v) is 17.6. The summed E-state index contributed by atoms with van der Waals surface area (Å²) in [5.41, 5.74) is 0. The average molecular weight is 793 g/mol. The van der Waals surface area contributed by atoms with Crippen LogP contribution in [0.5, 0.6) is 0 Å². The number of esters is 3. The molecule has 0 heterocycles. The fraction of sp³-hybridized carbons (Fsp3) is 0.940. The van der Waals surface area contributed by atoms with E-state index in [0.717, 1.165) is 63.7 Å². The summed E-state index contributed by atoms with van der Waals surface area (Å²) in [5.74, 6) is -0.00515. The summed E-state index contributed by atoms with van der Waals surface area (Å²) < 4.78 is 16.7. The number of hydrogen-bond acceptors (Lipinski definition) is 6. The van der Waals surface area contributed by atoms with Gasteiger partial charge in [-0.2, -0.15) is 0 Å². The van der Waals surface area contributed by atoms with Crippen LogP contribution in [0.3, 0.4) is 0 Å². The molecule has 0 bridgehead atoms. The molecular formula is C50H96O6. The molecule has 0 amide bonds. The number of rotatable bonds is 45. The molecule has 0 aliphatic carbocycles. The van der Waals surface area contributed by atoms with Gasteiger partial charge in [0.15, 0.2) is 6.10 Å². The summed E-state index contributed by atoms with van der Waals surface area (Å²) in [7, 11) is 0. The Labute approximate surface area is 348 Å². The van der Waals surface area contributed by atoms with E-state index >= 15 is 0 Å². The van der Waals surface area contributed by atoms with E-state index in [1.54, 1.807) is 0 Å². The summed E-state index contributed by atoms with van der Waals surface area (Å²) in [6.45, 7) is 9.01. The first kappa shape index (κ1) is 54.4. The van der Waals surface area contributed by atoms with E-state index in [1.165, 1.54) is 173 Å². The van der Waals surface area contributed by atoms with Crippen LogP contribution in [-0.4, -0.2) is 37.2 Å². The van der Waals surface area contributed by atoms with Crippen molar-refractivity contribution in [3.8, 4) is 0 Å². The minimum absolute atomic E-state index is 0.0631. The van der Waals surface area contributed by atoms with Crippen LogP contribution in [0.25, 0.3) is 0 Å². The molecule has 0 aromatic heterocycles. The molecule has 56 heavy (non-hydrogen) atoms. The number of unbranched alkanes of at least 4 members (excludes halogenated alkanes) is 32. The lowest BCUT2D eigenvalue weighted by Gasteiger charge is -2.18. The number of carbonyl (C=O) groups is 3. The molecule has 0 saturated carbocycles. The van der Waals surface area contributed by atoms with Gasteiger partial charge in [-0.1, -0.05) is 240 Å². The zero-order chi connectivity index (χ0) is 41.0. The summed E-state index contributed by atoms with van der Waals surface area (Å²) in [6, 6.07) is 0. The van der Waals surface area contributed by atoms with Gasteiger partial charge in [-0.15, -0.1) is 0 Å². The van der Waals surface area contributed by atoms with Crippen molar-refractivity contribution in [1.82, 2.24) is 0 Å². The highest BCUT2D eigenvalue weighted by Crippen LogP contribution is 2.17. The predicted octanol–water partition coefficient (Wildman–Crippen LogP) is 15.9. The van der Waals surface area contributed by atoms with Gasteiger partial charge in [0.25, 0.3) is 0 Å². The normalized spacial score (nSPS) is 11.9. The highest BCUT2D eigenvalue weighted by Gasteiger charge is 2.19. The summed E-state index contributed by atoms with van der Waals surface area (Å²) in [6.07, 6.45) is 45.2. The molecule has 0 aliphatic heterocycles. The van der Waals surface area contributed by atoms with Crippen molar-refractivity contribution < 1.29 is 28.6 Å². The highest BCUT2D eigenvalue weighted by atomic mass is 16.6. The van der Waals surface area contributed by atoms with Crippen LogP contribution in [0.1, 0.15) is 278 Å². The largest absolute Gasteiger partial charge is 0.462 e. The van der Waals surface area contributed by atoms with Crippen LogP contribution in [-0.2, 0) is 28.6 Å². The molecule has 6 heteroatoms. The number of ether oxygens (including phenoxy) is 3. The molecule has 0 unspecified atom stereocenters. The Morgan fingerprint density at radius 3 is 0.875 bits per heavy atom. The van der Waals surface area contributed by atoms with Gasteiger partial charge in [-0.25, -0.2) is 0 Å². The Morgan fingerprint density at radius 2 is 0.589 bits per heavy atom. The van der Waals surface area contributed by atoms with Gasteiger partial charge >= 0.3 is 17.9 Å². The van der Waals surface area contributed by atoms with Gasteiger partial charge in [0.1, 0.15) is 13.2 Å². The van der Waals surface area contributed by atoms with E-state index in [4.69, 9.17) is 14.2 Å². The second-order valence-electron chi connectivity index (χ2n) is 17.6. The lowest BCUT2D eigenvalue weighted by molar-refractivity contribution is -0.167. The minimum Gasteiger partial charge on any atom is -0.462 e. The van der Waals surface area contributed by atoms with Crippen molar-refractivity contribution >= 4 is 17.9 Å². The van der Waals surface area contributed by atoms with E-state index in [2.05, 4.69) is 27.7 Å². The average Bonchev–Trinajstić information content (AvgIpc) is 3.18. The van der Waals surface area contributed by atoms with Crippen molar-refractivity contribution in [2.75, 3.05) is 13.2 Å². The quantitative estimate of drug-likeness (QED) is 0.0347. The summed E-state index contributed by atoms with van der Waals surface area (Å²) in [5, 5.41) is 0. The van der Waals surface area contributed by atoms with E-state index < -0.39 is 6.10 Å². The monoisotopic (exact) mass is 793 g/mol. The zero-order valence-corrected chi connectivity index (χ0v) is 38.1. The van der Waals surface area contributed by atoms with Gasteiger partial charge in [-0.3, -0.25) is 14.4 Å². The van der Waals surface area contributed by atoms with Gasteiger partial charge in [0.2, 0.25) is 0 Å². The number of carbonyl (C=O) groups excluding carboxylic acids is 3. The molecule has 0 N–H and O–H groups in total. The van der Waals surface area contributed by atoms with Crippen LogP contribution in [0, 0.1) is 5.92 Å². The standard InChI is InChI=1S/C50H96O6/c1-5-7-9-11-13-15-16-22-26-29-33-37-41-48(51)54-44-47(56-50(53)43-39-35-31-24-14-12-10-8-6-2)45-55-49(52)42-38-34-30-27-23-20-18-17-19-21-25-28-32-36-40-46(3)4/h46-47H,5-45H2,1-4H3/t47-/m0/s1. The molecule has 1 atom stereocenters. The maximum absolute atomic E-state index is 12.7. The topological polar surface area (TPSA) is 78.9 Å². The third kappa shape index (κ3) is 43.5. The van der Waals surface area contributed by atoms with Crippen LogP contribution < -0.4 is 0 Å². The number of hydrogen-bond donors (Lipinski definition) is 0. The molecule has 0 rings (SSSR count). The van der Waals surface area contributed by atoms with Gasteiger partial charge in [0.05, 0.1) is 0 Å². The van der Waals surface area contributed by atoms with Gasteiger partial charge < -0.3 is 14.2 Å². The van der Waals surface area contributed by atoms with E-state index in [1.807, 2.05) is 0 Å². The van der Waals surface area contributed by atoms with Crippen molar-refractivity contribution in [2.24, 2.45) is 5.92 Å². The fourth-order valence-electron chi connectivity index (χ4n) is 7.51. The third-order valence-electron chi connectivity index (χ3n) is 11.3. The molecular weight excluding hydrogens is 697 g/mol. The molecule has 0 spiro atoms. The molecule has 0 aromatic rings. The molecule has 6 nitrogen and oxygen atoms in total. The first-order valence-electron chi connectivity index (χ1n) is 24.9. The smallest absolute Gasteiger partial charge is 0.306 e. The lowest BCUT2D eigenvalue weighted by Crippen LogP contribution is -2.30. The zero-order valence-electron chi connectivity index (χ0n) is 38.1. The van der Waals surface area contributed by atoms with Gasteiger partial charge in [0, 0.05) is 19.3 Å². The SMILES string of the molecule is CCCCCCCCCCCCCCC(=O)OC[C@@H](COC(=O)CCCCCCCCCCCCCCCCC(C)C)OC(=O)CCCCCCCCCCC. The Bertz CT molecular complexity index is 841. The molecule has 0 aromatic carbocycles. The molecule has 332 valence electrons. The van der Waals surface area contributed by atoms with E-state index in [-0.39, 0.29) is 31.1 Å². The predicted molar refractivity (Wildman–Crippen MR) is 238 cm³/mol. The maximum atomic E-state index is 12.7. The van der Waals surface area contributed by atoms with Gasteiger partial charge in [-0.05, 0) is 25.2 Å². The van der Waals surface area contributed by atoms with Crippen molar-refractivity contribution in [3.05, 3.63) is 0 Å². The summed E-state index contributed by atoms with van der Waals surface area (Å²) in [4.78, 5) is 37.8. The Kier molecular flexibility index (Phi) is 43.2. The molecule has 0 aliphatic rings. The Morgan fingerprint density at radius 1 is 0.339 bits per heavy atom. The van der Waals surface area contributed by atoms with Crippen molar-refractivity contribution in [2.45, 2.75) is 284 Å². The van der Waals surface area contributed by atoms with E-state index in [0.29, 0.717) is 19.3 Å². The van der Waals surface area contributed by atoms with E-state index in [9.17, 15) is 14.4 Å². The maximum Gasteiger partial charge on any atom is 0.306 e. The Hall–Kier alpha value is -1.59. The second kappa shape index (κ2) is 44.5. The lowest BCUT2D eigenvalue weighted by atomic mass is 10.0. The molecule has 0 radical (unpaired) electrons. The van der Waals surface area contributed by atoms with Crippen LogP contribution >= 0.6 is 0 Å². The van der Waals surface area contributed by atoms with Crippen molar-refractivity contribution in [3.63, 3.8) is 0 Å². The van der Waals surface area contributed by atoms with Crippen molar-refractivity contribution in [1.29, 1.82) is 0 Å². The molecule has 0 saturated heterocycles. The fourth-order valence-corrected chi connectivity index (χ4v) is 7.51. The summed E-state index contributed by atoms with van der Waals surface area (Å²) >= 11 is 0. The van der Waals surface area contributed by atoms with Crippen LogP contribution in [0.15, 0.2) is 0 Å². The first-order valence-corrected chi connectivity index (χ1v) is 24.9.